The lowest BCUT2D eigenvalue weighted by atomic mass is 9.67. The van der Waals surface area contributed by atoms with Crippen LogP contribution in [0.1, 0.15) is 99.9 Å². The number of hydrogen-bond donors (Lipinski definition) is 0. The van der Waals surface area contributed by atoms with Crippen molar-refractivity contribution in [3.63, 3.8) is 0 Å². The lowest BCUT2D eigenvalue weighted by Gasteiger charge is -2.36. The van der Waals surface area contributed by atoms with Crippen LogP contribution in [-0.4, -0.2) is 0 Å². The third-order valence-electron chi connectivity index (χ3n) is 16.5. The first kappa shape index (κ1) is 45.6. The molecule has 0 aliphatic heterocycles. The van der Waals surface area contributed by atoms with Crippen molar-refractivity contribution in [2.75, 3.05) is 4.90 Å². The second-order valence-corrected chi connectivity index (χ2v) is 23.3. The van der Waals surface area contributed by atoms with Crippen molar-refractivity contribution >= 4 is 39.0 Å². The van der Waals surface area contributed by atoms with E-state index in [0.717, 1.165) is 55.7 Å². The normalized spacial score (nSPS) is 14.2. The maximum atomic E-state index is 6.61. The summed E-state index contributed by atoms with van der Waals surface area (Å²) >= 11 is 0. The summed E-state index contributed by atoms with van der Waals surface area (Å²) in [5.41, 5.74) is 24.3. The molecule has 0 fully saturated rings. The molecular formula is C72H61NO. The summed E-state index contributed by atoms with van der Waals surface area (Å²) in [5.74, 6) is 0. The number of furan rings is 1. The number of para-hydroxylation sites is 1. The van der Waals surface area contributed by atoms with Gasteiger partial charge in [-0.1, -0.05) is 237 Å². The van der Waals surface area contributed by atoms with Gasteiger partial charge in [0, 0.05) is 33.1 Å². The first-order valence-corrected chi connectivity index (χ1v) is 26.3. The van der Waals surface area contributed by atoms with E-state index in [4.69, 9.17) is 4.42 Å². The quantitative estimate of drug-likeness (QED) is 0.158. The standard InChI is InChI=1S/C72H61NO/c1-69(2,3)48-30-34-50(35-31-48)72(51-36-32-49(33-37-51)70(4,5)6)62-26-16-13-22-55(62)57-42-39-53(45-64(57)72)73(52-38-41-56-54-21-12-15-25-61(54)71(7,8)63(56)44-52)65-43-47(46-19-10-9-11-20-46)29-40-58(65)59-24-18-28-67-68(59)60-23-14-17-27-66(60)74-67/h9-45H,1-8H3. The van der Waals surface area contributed by atoms with Gasteiger partial charge in [-0.3, -0.25) is 0 Å². The summed E-state index contributed by atoms with van der Waals surface area (Å²) in [7, 11) is 0. The van der Waals surface area contributed by atoms with Crippen molar-refractivity contribution in [3.8, 4) is 44.5 Å². The van der Waals surface area contributed by atoms with Gasteiger partial charge >= 0.3 is 0 Å². The molecule has 0 saturated heterocycles. The molecule has 2 heteroatoms. The molecule has 0 N–H and O–H groups in total. The van der Waals surface area contributed by atoms with E-state index >= 15 is 0 Å². The molecule has 13 rings (SSSR count). The monoisotopic (exact) mass is 955 g/mol. The predicted molar refractivity (Wildman–Crippen MR) is 312 cm³/mol. The zero-order valence-electron chi connectivity index (χ0n) is 43.7. The molecule has 2 nitrogen and oxygen atoms in total. The smallest absolute Gasteiger partial charge is 0.136 e. The van der Waals surface area contributed by atoms with E-state index < -0.39 is 5.41 Å². The van der Waals surface area contributed by atoms with Gasteiger partial charge in [0.1, 0.15) is 11.2 Å². The van der Waals surface area contributed by atoms with Crippen LogP contribution in [-0.2, 0) is 21.7 Å². The second-order valence-electron chi connectivity index (χ2n) is 23.3. The van der Waals surface area contributed by atoms with Crippen LogP contribution < -0.4 is 4.90 Å². The van der Waals surface area contributed by atoms with Crippen LogP contribution in [0.2, 0.25) is 0 Å². The number of fused-ring (bicyclic) bond motifs is 9. The van der Waals surface area contributed by atoms with Crippen LogP contribution in [0.3, 0.4) is 0 Å². The predicted octanol–water partition coefficient (Wildman–Crippen LogP) is 19.7. The van der Waals surface area contributed by atoms with Crippen LogP contribution >= 0.6 is 0 Å². The molecule has 0 radical (unpaired) electrons. The third-order valence-corrected chi connectivity index (χ3v) is 16.5. The van der Waals surface area contributed by atoms with Crippen molar-refractivity contribution in [2.24, 2.45) is 0 Å². The molecule has 0 unspecified atom stereocenters. The fraction of sp³-hybridized carbons (Fsp3) is 0.167. The average molecular weight is 956 g/mol. The van der Waals surface area contributed by atoms with Crippen LogP contribution in [0.4, 0.5) is 17.1 Å². The zero-order valence-corrected chi connectivity index (χ0v) is 43.7. The van der Waals surface area contributed by atoms with Crippen molar-refractivity contribution in [1.29, 1.82) is 0 Å². The Morgan fingerprint density at radius 3 is 1.51 bits per heavy atom. The number of rotatable bonds is 7. The highest BCUT2D eigenvalue weighted by atomic mass is 16.3. The van der Waals surface area contributed by atoms with E-state index in [0.29, 0.717) is 0 Å². The maximum Gasteiger partial charge on any atom is 0.136 e. The van der Waals surface area contributed by atoms with E-state index in [-0.39, 0.29) is 16.2 Å². The van der Waals surface area contributed by atoms with E-state index in [9.17, 15) is 0 Å². The Kier molecular flexibility index (Phi) is 10.3. The van der Waals surface area contributed by atoms with E-state index in [1.165, 1.54) is 72.3 Å². The van der Waals surface area contributed by atoms with Crippen LogP contribution in [0.15, 0.2) is 229 Å². The Hall–Kier alpha value is -8.20. The van der Waals surface area contributed by atoms with Gasteiger partial charge in [0.15, 0.2) is 0 Å². The van der Waals surface area contributed by atoms with Gasteiger partial charge < -0.3 is 9.32 Å². The SMILES string of the molecule is CC(C)(C)c1ccc(C2(c3ccc(C(C)(C)C)cc3)c3ccccc3-c3ccc(N(c4ccc5c(c4)C(C)(C)c4ccccc4-5)c4cc(-c5ccccc5)ccc4-c4cccc5oc6ccccc6c45)cc32)cc1. The molecule has 11 aromatic rings. The van der Waals surface area contributed by atoms with Crippen LogP contribution in [0, 0.1) is 0 Å². The van der Waals surface area contributed by atoms with Crippen molar-refractivity contribution < 1.29 is 4.42 Å². The molecule has 74 heavy (non-hydrogen) atoms. The number of nitrogens with zero attached hydrogens (tertiary/aromatic N) is 1. The second kappa shape index (κ2) is 16.7. The topological polar surface area (TPSA) is 16.4 Å². The van der Waals surface area contributed by atoms with Crippen molar-refractivity contribution in [3.05, 3.63) is 269 Å². The van der Waals surface area contributed by atoms with Gasteiger partial charge in [0.2, 0.25) is 0 Å². The highest BCUT2D eigenvalue weighted by Crippen LogP contribution is 2.59. The summed E-state index contributed by atoms with van der Waals surface area (Å²) in [6.45, 7) is 18.6. The average Bonchev–Trinajstić information content (AvgIpc) is 4.02. The van der Waals surface area contributed by atoms with E-state index in [1.54, 1.807) is 0 Å². The van der Waals surface area contributed by atoms with E-state index in [1.807, 2.05) is 0 Å². The Bertz CT molecular complexity index is 3930. The zero-order chi connectivity index (χ0) is 50.7. The Labute approximate surface area is 436 Å². The van der Waals surface area contributed by atoms with Crippen LogP contribution in [0.5, 0.6) is 0 Å². The summed E-state index contributed by atoms with van der Waals surface area (Å²) in [4.78, 5) is 2.56. The molecule has 0 saturated carbocycles. The minimum atomic E-state index is -0.627. The minimum absolute atomic E-state index is 0.00404. The summed E-state index contributed by atoms with van der Waals surface area (Å²) < 4.78 is 6.61. The molecule has 0 spiro atoms. The van der Waals surface area contributed by atoms with Gasteiger partial charge in [-0.15, -0.1) is 0 Å². The molecule has 0 bridgehead atoms. The number of anilines is 3. The first-order chi connectivity index (χ1) is 35.7. The van der Waals surface area contributed by atoms with Crippen molar-refractivity contribution in [2.45, 2.75) is 77.0 Å². The van der Waals surface area contributed by atoms with Gasteiger partial charge in [-0.05, 0) is 137 Å². The van der Waals surface area contributed by atoms with Gasteiger partial charge in [-0.2, -0.15) is 0 Å². The fourth-order valence-corrected chi connectivity index (χ4v) is 12.6. The maximum absolute atomic E-state index is 6.61. The number of hydrogen-bond acceptors (Lipinski definition) is 2. The molecular weight excluding hydrogens is 895 g/mol. The first-order valence-electron chi connectivity index (χ1n) is 26.3. The molecule has 0 amide bonds. The highest BCUT2D eigenvalue weighted by Gasteiger charge is 2.47. The molecule has 360 valence electrons. The van der Waals surface area contributed by atoms with Gasteiger partial charge in [-0.25, -0.2) is 0 Å². The summed E-state index contributed by atoms with van der Waals surface area (Å²) in [6, 6.07) is 84.6. The Morgan fingerprint density at radius 1 is 0.365 bits per heavy atom. The fourth-order valence-electron chi connectivity index (χ4n) is 12.6. The highest BCUT2D eigenvalue weighted by molar-refractivity contribution is 6.14. The van der Waals surface area contributed by atoms with E-state index in [2.05, 4.69) is 285 Å². The van der Waals surface area contributed by atoms with Crippen LogP contribution in [0.25, 0.3) is 66.4 Å². The molecule has 2 aliphatic carbocycles. The van der Waals surface area contributed by atoms with Crippen molar-refractivity contribution in [1.82, 2.24) is 0 Å². The minimum Gasteiger partial charge on any atom is -0.456 e. The lowest BCUT2D eigenvalue weighted by Crippen LogP contribution is -2.29. The summed E-state index contributed by atoms with van der Waals surface area (Å²) in [6.07, 6.45) is 0. The molecule has 10 aromatic carbocycles. The Morgan fingerprint density at radius 2 is 0.865 bits per heavy atom. The Balaban J connectivity index is 1.13. The summed E-state index contributed by atoms with van der Waals surface area (Å²) in [5, 5.41) is 2.22. The van der Waals surface area contributed by atoms with Gasteiger partial charge in [0.25, 0.3) is 0 Å². The van der Waals surface area contributed by atoms with Gasteiger partial charge in [0.05, 0.1) is 11.1 Å². The molecule has 1 heterocycles. The number of benzene rings is 10. The lowest BCUT2D eigenvalue weighted by molar-refractivity contribution is 0.588. The molecule has 2 aliphatic rings. The molecule has 1 aromatic heterocycles. The molecule has 0 atom stereocenters. The third kappa shape index (κ3) is 6.98. The largest absolute Gasteiger partial charge is 0.456 e.